The molecule has 0 aromatic heterocycles. The number of para-hydroxylation sites is 3. The number of aryl methyl sites for hydroxylation is 2. The molecule has 2 aromatic carbocycles. The summed E-state index contributed by atoms with van der Waals surface area (Å²) in [5.74, 6) is 0.460. The lowest BCUT2D eigenvalue weighted by atomic mass is 10.1. The van der Waals surface area contributed by atoms with Crippen molar-refractivity contribution < 1.29 is 19.1 Å². The minimum Gasteiger partial charge on any atom is -0.485 e. The summed E-state index contributed by atoms with van der Waals surface area (Å²) in [5, 5.41) is 5.41. The number of carbonyl (C=O) groups excluding carboxylic acids is 2. The molecule has 0 spiro atoms. The van der Waals surface area contributed by atoms with Crippen molar-refractivity contribution in [2.24, 2.45) is 0 Å². The summed E-state index contributed by atoms with van der Waals surface area (Å²) in [4.78, 5) is 24.3. The second-order valence-electron chi connectivity index (χ2n) is 5.90. The molecular formula is C19H20N2O4. The van der Waals surface area contributed by atoms with Crippen LogP contribution in [0.2, 0.25) is 0 Å². The second kappa shape index (κ2) is 7.25. The maximum Gasteiger partial charge on any atom is 0.265 e. The zero-order valence-corrected chi connectivity index (χ0v) is 14.2. The van der Waals surface area contributed by atoms with E-state index >= 15 is 0 Å². The van der Waals surface area contributed by atoms with Crippen LogP contribution < -0.4 is 20.1 Å². The topological polar surface area (TPSA) is 76.7 Å². The average molecular weight is 340 g/mol. The number of carbonyl (C=O) groups is 2. The van der Waals surface area contributed by atoms with E-state index in [2.05, 4.69) is 10.6 Å². The minimum absolute atomic E-state index is 0.112. The Morgan fingerprint density at radius 3 is 2.44 bits per heavy atom. The van der Waals surface area contributed by atoms with E-state index in [0.29, 0.717) is 11.5 Å². The fourth-order valence-corrected chi connectivity index (χ4v) is 2.63. The van der Waals surface area contributed by atoms with Crippen LogP contribution in [0.4, 0.5) is 5.69 Å². The van der Waals surface area contributed by atoms with Gasteiger partial charge in [-0.25, -0.2) is 0 Å². The van der Waals surface area contributed by atoms with E-state index < -0.39 is 6.10 Å². The smallest absolute Gasteiger partial charge is 0.265 e. The zero-order chi connectivity index (χ0) is 17.8. The third-order valence-electron chi connectivity index (χ3n) is 3.97. The molecule has 0 unspecified atom stereocenters. The van der Waals surface area contributed by atoms with Gasteiger partial charge in [-0.2, -0.15) is 0 Å². The first-order valence-electron chi connectivity index (χ1n) is 8.07. The fourth-order valence-electron chi connectivity index (χ4n) is 2.63. The van der Waals surface area contributed by atoms with E-state index in [1.807, 2.05) is 38.1 Å². The van der Waals surface area contributed by atoms with E-state index in [4.69, 9.17) is 9.47 Å². The van der Waals surface area contributed by atoms with Crippen LogP contribution in [-0.2, 0) is 9.59 Å². The molecule has 6 nitrogen and oxygen atoms in total. The lowest BCUT2D eigenvalue weighted by molar-refractivity contribution is -0.131. The Kier molecular flexibility index (Phi) is 4.88. The molecule has 1 atom stereocenters. The van der Waals surface area contributed by atoms with Gasteiger partial charge in [0.1, 0.15) is 6.61 Å². The van der Waals surface area contributed by atoms with E-state index in [1.165, 1.54) is 0 Å². The number of fused-ring (bicyclic) bond motifs is 1. The summed E-state index contributed by atoms with van der Waals surface area (Å²) in [5.41, 5.74) is 2.72. The highest BCUT2D eigenvalue weighted by molar-refractivity contribution is 5.96. The van der Waals surface area contributed by atoms with Crippen LogP contribution in [0, 0.1) is 13.8 Å². The standard InChI is InChI=1S/C19H20N2O4/c1-12-6-5-7-13(2)18(12)21-17(22)10-20-19(23)16-11-24-14-8-3-4-9-15(14)25-16/h3-9,16H,10-11H2,1-2H3,(H,20,23)(H,21,22)/t16-/m1/s1. The summed E-state index contributed by atoms with van der Waals surface area (Å²) in [7, 11) is 0. The number of nitrogens with one attached hydrogen (secondary N) is 2. The first-order chi connectivity index (χ1) is 12.0. The first-order valence-corrected chi connectivity index (χ1v) is 8.07. The van der Waals surface area contributed by atoms with Gasteiger partial charge in [-0.1, -0.05) is 30.3 Å². The Labute approximate surface area is 146 Å². The van der Waals surface area contributed by atoms with Gasteiger partial charge in [0.25, 0.3) is 5.91 Å². The summed E-state index contributed by atoms with van der Waals surface area (Å²) < 4.78 is 11.1. The maximum atomic E-state index is 12.2. The summed E-state index contributed by atoms with van der Waals surface area (Å²) in [6.45, 7) is 3.83. The third-order valence-corrected chi connectivity index (χ3v) is 3.97. The van der Waals surface area contributed by atoms with Gasteiger partial charge in [0, 0.05) is 5.69 Å². The molecule has 2 aromatic rings. The Morgan fingerprint density at radius 1 is 1.04 bits per heavy atom. The molecule has 0 saturated heterocycles. The molecule has 0 fully saturated rings. The number of hydrogen-bond acceptors (Lipinski definition) is 4. The number of anilines is 1. The van der Waals surface area contributed by atoms with Crippen molar-refractivity contribution in [2.45, 2.75) is 20.0 Å². The molecule has 0 saturated carbocycles. The molecule has 130 valence electrons. The molecule has 1 heterocycles. The van der Waals surface area contributed by atoms with Gasteiger partial charge < -0.3 is 20.1 Å². The van der Waals surface area contributed by atoms with Gasteiger partial charge in [-0.3, -0.25) is 9.59 Å². The van der Waals surface area contributed by atoms with Crippen molar-refractivity contribution >= 4 is 17.5 Å². The second-order valence-corrected chi connectivity index (χ2v) is 5.90. The highest BCUT2D eigenvalue weighted by Crippen LogP contribution is 2.30. The van der Waals surface area contributed by atoms with Crippen LogP contribution in [0.15, 0.2) is 42.5 Å². The summed E-state index contributed by atoms with van der Waals surface area (Å²) in [6.07, 6.45) is -0.775. The normalized spacial score (nSPS) is 15.4. The average Bonchev–Trinajstić information content (AvgIpc) is 2.62. The van der Waals surface area contributed by atoms with Crippen LogP contribution in [0.1, 0.15) is 11.1 Å². The van der Waals surface area contributed by atoms with Crippen molar-refractivity contribution in [1.29, 1.82) is 0 Å². The van der Waals surface area contributed by atoms with Crippen LogP contribution >= 0.6 is 0 Å². The predicted octanol–water partition coefficient (Wildman–Crippen LogP) is 2.20. The number of amides is 2. The van der Waals surface area contributed by atoms with Crippen LogP contribution in [-0.4, -0.2) is 31.1 Å². The quantitative estimate of drug-likeness (QED) is 0.895. The van der Waals surface area contributed by atoms with Gasteiger partial charge in [0.2, 0.25) is 12.0 Å². The molecule has 1 aliphatic heterocycles. The van der Waals surface area contributed by atoms with Crippen LogP contribution in [0.5, 0.6) is 11.5 Å². The molecule has 2 N–H and O–H groups in total. The fraction of sp³-hybridized carbons (Fsp3) is 0.263. The van der Waals surface area contributed by atoms with Gasteiger partial charge >= 0.3 is 0 Å². The zero-order valence-electron chi connectivity index (χ0n) is 14.2. The molecule has 1 aliphatic rings. The number of hydrogen-bond donors (Lipinski definition) is 2. The van der Waals surface area contributed by atoms with Gasteiger partial charge in [-0.15, -0.1) is 0 Å². The van der Waals surface area contributed by atoms with E-state index in [9.17, 15) is 9.59 Å². The summed E-state index contributed by atoms with van der Waals surface area (Å²) >= 11 is 0. The highest BCUT2D eigenvalue weighted by Gasteiger charge is 2.27. The monoisotopic (exact) mass is 340 g/mol. The Balaban J connectivity index is 1.53. The van der Waals surface area contributed by atoms with Gasteiger partial charge in [0.15, 0.2) is 11.5 Å². The van der Waals surface area contributed by atoms with Crippen molar-refractivity contribution in [3.8, 4) is 11.5 Å². The minimum atomic E-state index is -0.775. The Morgan fingerprint density at radius 2 is 1.72 bits per heavy atom. The van der Waals surface area contributed by atoms with Gasteiger partial charge in [0.05, 0.1) is 6.54 Å². The van der Waals surface area contributed by atoms with Crippen molar-refractivity contribution in [3.63, 3.8) is 0 Å². The lowest BCUT2D eigenvalue weighted by Crippen LogP contribution is -2.46. The van der Waals surface area contributed by atoms with Crippen LogP contribution in [0.3, 0.4) is 0 Å². The van der Waals surface area contributed by atoms with Crippen molar-refractivity contribution in [2.75, 3.05) is 18.5 Å². The number of ether oxygens (including phenoxy) is 2. The van der Waals surface area contributed by atoms with Crippen molar-refractivity contribution in [3.05, 3.63) is 53.6 Å². The molecular weight excluding hydrogens is 320 g/mol. The number of benzene rings is 2. The highest BCUT2D eigenvalue weighted by atomic mass is 16.6. The maximum absolute atomic E-state index is 12.2. The third kappa shape index (κ3) is 3.91. The Hall–Kier alpha value is -3.02. The van der Waals surface area contributed by atoms with Crippen molar-refractivity contribution in [1.82, 2.24) is 5.32 Å². The molecule has 2 amide bonds. The van der Waals surface area contributed by atoms with Gasteiger partial charge in [-0.05, 0) is 37.1 Å². The molecule has 0 aliphatic carbocycles. The summed E-state index contributed by atoms with van der Waals surface area (Å²) in [6, 6.07) is 12.9. The molecule has 25 heavy (non-hydrogen) atoms. The molecule has 0 bridgehead atoms. The first kappa shape index (κ1) is 16.8. The van der Waals surface area contributed by atoms with E-state index in [0.717, 1.165) is 16.8 Å². The predicted molar refractivity (Wildman–Crippen MR) is 93.9 cm³/mol. The van der Waals surface area contributed by atoms with E-state index in [1.54, 1.807) is 18.2 Å². The number of rotatable bonds is 4. The Bertz CT molecular complexity index is 784. The SMILES string of the molecule is Cc1cccc(C)c1NC(=O)CNC(=O)[C@H]1COc2ccccc2O1. The lowest BCUT2D eigenvalue weighted by Gasteiger charge is -2.25. The molecule has 0 radical (unpaired) electrons. The molecule has 6 heteroatoms. The largest absolute Gasteiger partial charge is 0.485 e. The van der Waals surface area contributed by atoms with Crippen LogP contribution in [0.25, 0.3) is 0 Å². The molecule has 3 rings (SSSR count). The van der Waals surface area contributed by atoms with E-state index in [-0.39, 0.29) is 25.0 Å².